The van der Waals surface area contributed by atoms with Gasteiger partial charge in [0.15, 0.2) is 0 Å². The standard InChI is InChI=1S/C12H16N2O/c1-8(2)9(3)15-11-6-4-5-10(7-13)12(11)14/h4-6,8-9H,14H2,1-3H3. The van der Waals surface area contributed by atoms with Gasteiger partial charge in [-0.1, -0.05) is 19.9 Å². The van der Waals surface area contributed by atoms with Crippen molar-refractivity contribution in [2.75, 3.05) is 5.73 Å². The number of ether oxygens (including phenoxy) is 1. The lowest BCUT2D eigenvalue weighted by atomic mass is 10.1. The molecular weight excluding hydrogens is 188 g/mol. The third kappa shape index (κ3) is 2.63. The fourth-order valence-corrected chi connectivity index (χ4v) is 1.08. The number of benzene rings is 1. The Labute approximate surface area is 90.5 Å². The molecule has 0 amide bonds. The van der Waals surface area contributed by atoms with Crippen LogP contribution in [-0.4, -0.2) is 6.10 Å². The third-order valence-corrected chi connectivity index (χ3v) is 2.44. The second-order valence-electron chi connectivity index (χ2n) is 3.90. The summed E-state index contributed by atoms with van der Waals surface area (Å²) < 4.78 is 5.67. The zero-order valence-corrected chi connectivity index (χ0v) is 9.32. The molecule has 0 saturated heterocycles. The molecule has 1 rings (SSSR count). The molecule has 0 heterocycles. The molecule has 1 atom stereocenters. The molecule has 3 heteroatoms. The molecule has 0 aliphatic rings. The average molecular weight is 204 g/mol. The highest BCUT2D eigenvalue weighted by atomic mass is 16.5. The van der Waals surface area contributed by atoms with Crippen LogP contribution in [0.2, 0.25) is 0 Å². The monoisotopic (exact) mass is 204 g/mol. The van der Waals surface area contributed by atoms with Crippen molar-refractivity contribution in [1.82, 2.24) is 0 Å². The van der Waals surface area contributed by atoms with Crippen LogP contribution in [-0.2, 0) is 0 Å². The topological polar surface area (TPSA) is 59.0 Å². The number of hydrogen-bond acceptors (Lipinski definition) is 3. The zero-order chi connectivity index (χ0) is 11.4. The molecule has 1 unspecified atom stereocenters. The van der Waals surface area contributed by atoms with Crippen molar-refractivity contribution in [3.05, 3.63) is 23.8 Å². The van der Waals surface area contributed by atoms with Crippen molar-refractivity contribution < 1.29 is 4.74 Å². The van der Waals surface area contributed by atoms with E-state index in [1.807, 2.05) is 13.0 Å². The summed E-state index contributed by atoms with van der Waals surface area (Å²) in [6, 6.07) is 7.28. The van der Waals surface area contributed by atoms with Gasteiger partial charge in [0.2, 0.25) is 0 Å². The predicted octanol–water partition coefficient (Wildman–Crippen LogP) is 2.56. The van der Waals surface area contributed by atoms with Crippen LogP contribution < -0.4 is 10.5 Å². The summed E-state index contributed by atoms with van der Waals surface area (Å²) >= 11 is 0. The van der Waals surface area contributed by atoms with Crippen LogP contribution in [0.25, 0.3) is 0 Å². The van der Waals surface area contributed by atoms with Gasteiger partial charge in [-0.2, -0.15) is 5.26 Å². The molecule has 3 nitrogen and oxygen atoms in total. The van der Waals surface area contributed by atoms with Crippen LogP contribution in [0.4, 0.5) is 5.69 Å². The van der Waals surface area contributed by atoms with E-state index >= 15 is 0 Å². The molecule has 0 bridgehead atoms. The minimum atomic E-state index is 0.0845. The first kappa shape index (κ1) is 11.4. The molecule has 2 N–H and O–H groups in total. The summed E-state index contributed by atoms with van der Waals surface area (Å²) in [7, 11) is 0. The van der Waals surface area contributed by atoms with E-state index in [0.717, 1.165) is 0 Å². The Morgan fingerprint density at radius 2 is 2.00 bits per heavy atom. The van der Waals surface area contributed by atoms with E-state index in [4.69, 9.17) is 15.7 Å². The van der Waals surface area contributed by atoms with Crippen LogP contribution in [0, 0.1) is 17.2 Å². The summed E-state index contributed by atoms with van der Waals surface area (Å²) in [4.78, 5) is 0. The second-order valence-corrected chi connectivity index (χ2v) is 3.90. The maximum absolute atomic E-state index is 8.80. The van der Waals surface area contributed by atoms with Gasteiger partial charge in [-0.3, -0.25) is 0 Å². The van der Waals surface area contributed by atoms with Gasteiger partial charge in [0.1, 0.15) is 11.8 Å². The molecule has 80 valence electrons. The Bertz CT molecular complexity index is 380. The van der Waals surface area contributed by atoms with Crippen molar-refractivity contribution in [2.24, 2.45) is 5.92 Å². The minimum absolute atomic E-state index is 0.0845. The van der Waals surface area contributed by atoms with Crippen molar-refractivity contribution in [2.45, 2.75) is 26.9 Å². The molecule has 0 saturated carbocycles. The van der Waals surface area contributed by atoms with E-state index in [9.17, 15) is 0 Å². The van der Waals surface area contributed by atoms with Crippen LogP contribution in [0.1, 0.15) is 26.3 Å². The van der Waals surface area contributed by atoms with Gasteiger partial charge in [0.25, 0.3) is 0 Å². The number of nitrogens with two attached hydrogens (primary N) is 1. The van der Waals surface area contributed by atoms with E-state index in [1.165, 1.54) is 0 Å². The lowest BCUT2D eigenvalue weighted by molar-refractivity contribution is 0.171. The smallest absolute Gasteiger partial charge is 0.143 e. The van der Waals surface area contributed by atoms with Crippen molar-refractivity contribution in [1.29, 1.82) is 5.26 Å². The van der Waals surface area contributed by atoms with Crippen molar-refractivity contribution in [3.8, 4) is 11.8 Å². The first-order valence-corrected chi connectivity index (χ1v) is 5.01. The molecule has 15 heavy (non-hydrogen) atoms. The first-order valence-electron chi connectivity index (χ1n) is 5.01. The Hall–Kier alpha value is -1.69. The predicted molar refractivity (Wildman–Crippen MR) is 60.5 cm³/mol. The van der Waals surface area contributed by atoms with Gasteiger partial charge < -0.3 is 10.5 Å². The Kier molecular flexibility index (Phi) is 3.56. The number of nitrogen functional groups attached to an aromatic ring is 1. The number of hydrogen-bond donors (Lipinski definition) is 1. The molecule has 1 aromatic carbocycles. The van der Waals surface area contributed by atoms with Gasteiger partial charge in [0.05, 0.1) is 17.4 Å². The molecule has 0 spiro atoms. The van der Waals surface area contributed by atoms with Gasteiger partial charge in [-0.15, -0.1) is 0 Å². The van der Waals surface area contributed by atoms with Gasteiger partial charge in [0, 0.05) is 0 Å². The Morgan fingerprint density at radius 3 is 2.53 bits per heavy atom. The normalized spacial score (nSPS) is 12.2. The first-order chi connectivity index (χ1) is 7.06. The highest BCUT2D eigenvalue weighted by molar-refractivity contribution is 5.63. The van der Waals surface area contributed by atoms with E-state index in [1.54, 1.807) is 18.2 Å². The van der Waals surface area contributed by atoms with Crippen LogP contribution in [0.15, 0.2) is 18.2 Å². The van der Waals surface area contributed by atoms with E-state index in [0.29, 0.717) is 22.9 Å². The lowest BCUT2D eigenvalue weighted by Crippen LogP contribution is -2.19. The number of nitrogens with zero attached hydrogens (tertiary/aromatic N) is 1. The molecule has 0 fully saturated rings. The summed E-state index contributed by atoms with van der Waals surface area (Å²) in [5.41, 5.74) is 6.68. The quantitative estimate of drug-likeness (QED) is 0.770. The minimum Gasteiger partial charge on any atom is -0.488 e. The zero-order valence-electron chi connectivity index (χ0n) is 9.32. The number of anilines is 1. The fourth-order valence-electron chi connectivity index (χ4n) is 1.08. The van der Waals surface area contributed by atoms with Gasteiger partial charge in [-0.25, -0.2) is 0 Å². The molecule has 0 aromatic heterocycles. The van der Waals surface area contributed by atoms with E-state index in [2.05, 4.69) is 13.8 Å². The molecule has 0 radical (unpaired) electrons. The molecule has 0 aliphatic carbocycles. The highest BCUT2D eigenvalue weighted by Crippen LogP contribution is 2.26. The van der Waals surface area contributed by atoms with Gasteiger partial charge >= 0.3 is 0 Å². The summed E-state index contributed by atoms with van der Waals surface area (Å²) in [6.45, 7) is 6.15. The highest BCUT2D eigenvalue weighted by Gasteiger charge is 2.12. The largest absolute Gasteiger partial charge is 0.488 e. The summed E-state index contributed by atoms with van der Waals surface area (Å²) in [6.07, 6.45) is 0.0845. The summed E-state index contributed by atoms with van der Waals surface area (Å²) in [5.74, 6) is 1.00. The number of para-hydroxylation sites is 1. The third-order valence-electron chi connectivity index (χ3n) is 2.44. The van der Waals surface area contributed by atoms with E-state index in [-0.39, 0.29) is 6.10 Å². The lowest BCUT2D eigenvalue weighted by Gasteiger charge is -2.19. The van der Waals surface area contributed by atoms with Gasteiger partial charge in [-0.05, 0) is 25.0 Å². The molecule has 1 aromatic rings. The Balaban J connectivity index is 2.92. The van der Waals surface area contributed by atoms with Crippen LogP contribution in [0.5, 0.6) is 5.75 Å². The maximum atomic E-state index is 8.80. The van der Waals surface area contributed by atoms with Crippen molar-refractivity contribution in [3.63, 3.8) is 0 Å². The number of rotatable bonds is 3. The van der Waals surface area contributed by atoms with Crippen LogP contribution in [0.3, 0.4) is 0 Å². The fraction of sp³-hybridized carbons (Fsp3) is 0.417. The average Bonchev–Trinajstić information content (AvgIpc) is 2.21. The number of nitriles is 1. The van der Waals surface area contributed by atoms with E-state index < -0.39 is 0 Å². The summed E-state index contributed by atoms with van der Waals surface area (Å²) in [5, 5.41) is 8.80. The molecule has 0 aliphatic heterocycles. The van der Waals surface area contributed by atoms with Crippen molar-refractivity contribution >= 4 is 5.69 Å². The van der Waals surface area contributed by atoms with Crippen LogP contribution >= 0.6 is 0 Å². The maximum Gasteiger partial charge on any atom is 0.143 e. The SMILES string of the molecule is CC(C)C(C)Oc1cccc(C#N)c1N. The Morgan fingerprint density at radius 1 is 1.33 bits per heavy atom. The molecular formula is C12H16N2O. The second kappa shape index (κ2) is 4.70.